The second-order valence-electron chi connectivity index (χ2n) is 6.65. The van der Waals surface area contributed by atoms with Crippen LogP contribution in [0.2, 0.25) is 0 Å². The Hall–Kier alpha value is -0.610. The molecule has 3 atom stereocenters. The van der Waals surface area contributed by atoms with Crippen molar-refractivity contribution in [2.45, 2.75) is 64.1 Å². The molecular formula is C16H28N2O2. The number of rotatable bonds is 4. The minimum Gasteiger partial charge on any atom is -0.465 e. The molecule has 1 saturated carbocycles. The number of ether oxygens (including phenoxy) is 1. The van der Waals surface area contributed by atoms with E-state index in [1.165, 1.54) is 38.6 Å². The van der Waals surface area contributed by atoms with Crippen LogP contribution in [0.3, 0.4) is 0 Å². The zero-order valence-electron chi connectivity index (χ0n) is 12.9. The summed E-state index contributed by atoms with van der Waals surface area (Å²) in [4.78, 5) is 17.0. The fraction of sp³-hybridized carbons (Fsp3) is 0.938. The van der Waals surface area contributed by atoms with Crippen LogP contribution in [0.4, 0.5) is 0 Å². The molecule has 2 aliphatic heterocycles. The third-order valence-electron chi connectivity index (χ3n) is 5.33. The maximum absolute atomic E-state index is 11.9. The summed E-state index contributed by atoms with van der Waals surface area (Å²) in [7, 11) is 0. The van der Waals surface area contributed by atoms with Crippen LogP contribution >= 0.6 is 0 Å². The normalized spacial score (nSPS) is 33.5. The first-order chi connectivity index (χ1) is 9.70. The maximum atomic E-state index is 11.9. The average Bonchev–Trinajstić information content (AvgIpc) is 3.30. The Kier molecular flexibility index (Phi) is 4.32. The smallest absolute Gasteiger partial charge is 0.323 e. The van der Waals surface area contributed by atoms with Gasteiger partial charge in [-0.1, -0.05) is 0 Å². The van der Waals surface area contributed by atoms with E-state index >= 15 is 0 Å². The fourth-order valence-electron chi connectivity index (χ4n) is 4.09. The molecule has 3 fully saturated rings. The van der Waals surface area contributed by atoms with E-state index in [1.54, 1.807) is 0 Å². The van der Waals surface area contributed by atoms with Crippen molar-refractivity contribution in [3.05, 3.63) is 0 Å². The van der Waals surface area contributed by atoms with Gasteiger partial charge in [0, 0.05) is 25.2 Å². The Morgan fingerprint density at radius 2 is 2.05 bits per heavy atom. The Balaban J connectivity index is 1.59. The average molecular weight is 280 g/mol. The zero-order valence-corrected chi connectivity index (χ0v) is 12.9. The molecule has 4 nitrogen and oxygen atoms in total. The highest BCUT2D eigenvalue weighted by Crippen LogP contribution is 2.38. The number of likely N-dealkylation sites (tertiary alicyclic amines) is 2. The molecule has 20 heavy (non-hydrogen) atoms. The molecule has 0 amide bonds. The summed E-state index contributed by atoms with van der Waals surface area (Å²) >= 11 is 0. The van der Waals surface area contributed by atoms with Crippen molar-refractivity contribution in [3.63, 3.8) is 0 Å². The van der Waals surface area contributed by atoms with E-state index in [4.69, 9.17) is 4.74 Å². The predicted molar refractivity (Wildman–Crippen MR) is 78.5 cm³/mol. The largest absolute Gasteiger partial charge is 0.465 e. The lowest BCUT2D eigenvalue weighted by Crippen LogP contribution is -2.57. The Morgan fingerprint density at radius 1 is 1.25 bits per heavy atom. The van der Waals surface area contributed by atoms with Gasteiger partial charge in [-0.25, -0.2) is 0 Å². The van der Waals surface area contributed by atoms with E-state index in [0.717, 1.165) is 31.1 Å². The van der Waals surface area contributed by atoms with Crippen LogP contribution in [0, 0.1) is 5.92 Å². The summed E-state index contributed by atoms with van der Waals surface area (Å²) < 4.78 is 5.17. The molecule has 0 radical (unpaired) electrons. The van der Waals surface area contributed by atoms with E-state index in [-0.39, 0.29) is 12.0 Å². The fourth-order valence-corrected chi connectivity index (χ4v) is 4.09. The van der Waals surface area contributed by atoms with Crippen molar-refractivity contribution in [2.75, 3.05) is 26.2 Å². The van der Waals surface area contributed by atoms with Crippen molar-refractivity contribution < 1.29 is 9.53 Å². The summed E-state index contributed by atoms with van der Waals surface area (Å²) in [5, 5.41) is 0. The van der Waals surface area contributed by atoms with Gasteiger partial charge in [-0.3, -0.25) is 14.6 Å². The van der Waals surface area contributed by atoms with Crippen LogP contribution in [0.15, 0.2) is 0 Å². The molecule has 0 aromatic heterocycles. The first-order valence-corrected chi connectivity index (χ1v) is 8.37. The van der Waals surface area contributed by atoms with Crippen molar-refractivity contribution in [1.29, 1.82) is 0 Å². The standard InChI is InChI=1S/C16H28N2O2/c1-3-20-16(19)12(2)17-10-8-15-13(11-17)5-4-9-18(15)14-6-7-14/h12-15H,3-11H2,1-2H3/t12-,13-,15-/m0/s1. The minimum absolute atomic E-state index is 0.0548. The van der Waals surface area contributed by atoms with Crippen LogP contribution in [0.1, 0.15) is 46.0 Å². The SMILES string of the molecule is CCOC(=O)[C@H](C)N1CC[C@H]2[C@@H](CCCN2C2CC2)C1. The molecule has 0 N–H and O–H groups in total. The summed E-state index contributed by atoms with van der Waals surface area (Å²) in [5.74, 6) is 0.704. The van der Waals surface area contributed by atoms with Gasteiger partial charge in [0.15, 0.2) is 0 Å². The van der Waals surface area contributed by atoms with Crippen LogP contribution in [0.25, 0.3) is 0 Å². The molecule has 0 unspecified atom stereocenters. The molecule has 114 valence electrons. The second-order valence-corrected chi connectivity index (χ2v) is 6.65. The van der Waals surface area contributed by atoms with Crippen LogP contribution in [-0.4, -0.2) is 60.1 Å². The number of piperidine rings is 2. The summed E-state index contributed by atoms with van der Waals surface area (Å²) in [6, 6.07) is 1.59. The number of carbonyl (C=O) groups is 1. The van der Waals surface area contributed by atoms with E-state index in [9.17, 15) is 4.79 Å². The number of hydrogen-bond donors (Lipinski definition) is 0. The van der Waals surface area contributed by atoms with Crippen molar-refractivity contribution in [3.8, 4) is 0 Å². The van der Waals surface area contributed by atoms with Crippen LogP contribution < -0.4 is 0 Å². The van der Waals surface area contributed by atoms with Gasteiger partial charge in [0.2, 0.25) is 0 Å². The minimum atomic E-state index is -0.0767. The quantitative estimate of drug-likeness (QED) is 0.736. The number of carbonyl (C=O) groups excluding carboxylic acids is 1. The second kappa shape index (κ2) is 6.02. The Labute approximate surface area is 122 Å². The topological polar surface area (TPSA) is 32.8 Å². The summed E-state index contributed by atoms with van der Waals surface area (Å²) in [5.41, 5.74) is 0. The van der Waals surface area contributed by atoms with Crippen molar-refractivity contribution in [1.82, 2.24) is 9.80 Å². The van der Waals surface area contributed by atoms with E-state index in [2.05, 4.69) is 9.80 Å². The number of esters is 1. The first kappa shape index (κ1) is 14.3. The first-order valence-electron chi connectivity index (χ1n) is 8.37. The molecular weight excluding hydrogens is 252 g/mol. The van der Waals surface area contributed by atoms with E-state index in [1.807, 2.05) is 13.8 Å². The van der Waals surface area contributed by atoms with Gasteiger partial charge in [-0.15, -0.1) is 0 Å². The molecule has 3 aliphatic rings. The molecule has 2 heterocycles. The zero-order chi connectivity index (χ0) is 14.1. The van der Waals surface area contributed by atoms with Crippen molar-refractivity contribution in [2.24, 2.45) is 5.92 Å². The highest BCUT2D eigenvalue weighted by Gasteiger charge is 2.43. The van der Waals surface area contributed by atoms with Gasteiger partial charge in [-0.05, 0) is 58.4 Å². The van der Waals surface area contributed by atoms with E-state index < -0.39 is 0 Å². The molecule has 4 heteroatoms. The van der Waals surface area contributed by atoms with Gasteiger partial charge in [0.1, 0.15) is 6.04 Å². The lowest BCUT2D eigenvalue weighted by atomic mass is 9.83. The number of fused-ring (bicyclic) bond motifs is 1. The van der Waals surface area contributed by atoms with Gasteiger partial charge >= 0.3 is 5.97 Å². The van der Waals surface area contributed by atoms with Gasteiger partial charge in [0.25, 0.3) is 0 Å². The third-order valence-corrected chi connectivity index (χ3v) is 5.33. The summed E-state index contributed by atoms with van der Waals surface area (Å²) in [6.07, 6.45) is 6.71. The number of hydrogen-bond acceptors (Lipinski definition) is 4. The van der Waals surface area contributed by atoms with Gasteiger partial charge in [0.05, 0.1) is 6.61 Å². The summed E-state index contributed by atoms with van der Waals surface area (Å²) in [6.45, 7) is 7.79. The molecule has 1 aliphatic carbocycles. The van der Waals surface area contributed by atoms with Gasteiger partial charge in [-0.2, -0.15) is 0 Å². The van der Waals surface area contributed by atoms with E-state index in [0.29, 0.717) is 6.61 Å². The highest BCUT2D eigenvalue weighted by molar-refractivity contribution is 5.75. The van der Waals surface area contributed by atoms with Crippen LogP contribution in [-0.2, 0) is 9.53 Å². The molecule has 0 bridgehead atoms. The lowest BCUT2D eigenvalue weighted by Gasteiger charge is -2.48. The van der Waals surface area contributed by atoms with Crippen LogP contribution in [0.5, 0.6) is 0 Å². The molecule has 3 rings (SSSR count). The lowest BCUT2D eigenvalue weighted by molar-refractivity contribution is -0.150. The van der Waals surface area contributed by atoms with Crippen molar-refractivity contribution >= 4 is 5.97 Å². The predicted octanol–water partition coefficient (Wildman–Crippen LogP) is 1.89. The molecule has 0 spiro atoms. The molecule has 0 aromatic rings. The molecule has 0 aromatic carbocycles. The highest BCUT2D eigenvalue weighted by atomic mass is 16.5. The van der Waals surface area contributed by atoms with Gasteiger partial charge < -0.3 is 4.74 Å². The third kappa shape index (κ3) is 2.86. The Morgan fingerprint density at radius 3 is 2.75 bits per heavy atom. The number of nitrogens with zero attached hydrogens (tertiary/aromatic N) is 2. The molecule has 2 saturated heterocycles. The monoisotopic (exact) mass is 280 g/mol. The Bertz CT molecular complexity index is 356. The maximum Gasteiger partial charge on any atom is 0.323 e.